The zero-order valence-electron chi connectivity index (χ0n) is 12.4. The maximum Gasteiger partial charge on any atom is 0.323 e. The van der Waals surface area contributed by atoms with E-state index in [1.54, 1.807) is 19.0 Å². The SMILES string of the molecule is CCCOc1nc(NC)nc(N(C)CC(=O)NCC)n1. The van der Waals surface area contributed by atoms with Gasteiger partial charge in [0.15, 0.2) is 0 Å². The van der Waals surface area contributed by atoms with Crippen LogP contribution in [-0.2, 0) is 4.79 Å². The van der Waals surface area contributed by atoms with Crippen molar-refractivity contribution in [3.63, 3.8) is 0 Å². The van der Waals surface area contributed by atoms with E-state index in [1.807, 2.05) is 13.8 Å². The van der Waals surface area contributed by atoms with Gasteiger partial charge in [-0.05, 0) is 13.3 Å². The van der Waals surface area contributed by atoms with Crippen molar-refractivity contribution in [2.45, 2.75) is 20.3 Å². The Balaban J connectivity index is 2.83. The number of nitrogens with zero attached hydrogens (tertiary/aromatic N) is 4. The number of likely N-dealkylation sites (N-methyl/N-ethyl adjacent to an activating group) is 2. The van der Waals surface area contributed by atoms with Crippen LogP contribution >= 0.6 is 0 Å². The van der Waals surface area contributed by atoms with Gasteiger partial charge in [0.1, 0.15) is 0 Å². The Hall–Kier alpha value is -2.12. The monoisotopic (exact) mass is 282 g/mol. The van der Waals surface area contributed by atoms with Gasteiger partial charge >= 0.3 is 6.01 Å². The van der Waals surface area contributed by atoms with Crippen LogP contribution in [0.5, 0.6) is 6.01 Å². The molecule has 1 aromatic rings. The number of rotatable bonds is 8. The number of amides is 1. The lowest BCUT2D eigenvalue weighted by molar-refractivity contribution is -0.119. The maximum absolute atomic E-state index is 11.6. The zero-order valence-corrected chi connectivity index (χ0v) is 12.4. The lowest BCUT2D eigenvalue weighted by Crippen LogP contribution is -2.35. The highest BCUT2D eigenvalue weighted by molar-refractivity contribution is 5.80. The van der Waals surface area contributed by atoms with Crippen molar-refractivity contribution in [1.29, 1.82) is 0 Å². The first-order valence-electron chi connectivity index (χ1n) is 6.65. The van der Waals surface area contributed by atoms with Crippen molar-refractivity contribution in [1.82, 2.24) is 20.3 Å². The van der Waals surface area contributed by atoms with Gasteiger partial charge in [-0.15, -0.1) is 0 Å². The van der Waals surface area contributed by atoms with E-state index in [0.29, 0.717) is 25.0 Å². The number of carbonyl (C=O) groups excluding carboxylic acids is 1. The Bertz CT molecular complexity index is 440. The van der Waals surface area contributed by atoms with Crippen molar-refractivity contribution < 1.29 is 9.53 Å². The molecule has 0 radical (unpaired) electrons. The molecule has 2 N–H and O–H groups in total. The third-order valence-corrected chi connectivity index (χ3v) is 2.36. The number of anilines is 2. The topological polar surface area (TPSA) is 92.3 Å². The van der Waals surface area contributed by atoms with E-state index >= 15 is 0 Å². The summed E-state index contributed by atoms with van der Waals surface area (Å²) < 4.78 is 5.41. The van der Waals surface area contributed by atoms with Crippen LogP contribution in [-0.4, -0.2) is 54.7 Å². The average molecular weight is 282 g/mol. The number of hydrogen-bond donors (Lipinski definition) is 2. The summed E-state index contributed by atoms with van der Waals surface area (Å²) in [5.41, 5.74) is 0. The minimum Gasteiger partial charge on any atom is -0.463 e. The van der Waals surface area contributed by atoms with E-state index in [-0.39, 0.29) is 18.5 Å². The molecule has 20 heavy (non-hydrogen) atoms. The van der Waals surface area contributed by atoms with Gasteiger partial charge < -0.3 is 20.3 Å². The highest BCUT2D eigenvalue weighted by Crippen LogP contribution is 2.13. The Morgan fingerprint density at radius 1 is 1.30 bits per heavy atom. The van der Waals surface area contributed by atoms with Gasteiger partial charge in [0.05, 0.1) is 13.2 Å². The first-order valence-corrected chi connectivity index (χ1v) is 6.65. The Kier molecular flexibility index (Phi) is 6.48. The molecule has 0 aliphatic heterocycles. The molecule has 1 amide bonds. The van der Waals surface area contributed by atoms with E-state index in [2.05, 4.69) is 25.6 Å². The minimum absolute atomic E-state index is 0.0857. The maximum atomic E-state index is 11.6. The van der Waals surface area contributed by atoms with Crippen LogP contribution in [0.4, 0.5) is 11.9 Å². The van der Waals surface area contributed by atoms with Crippen molar-refractivity contribution in [3.05, 3.63) is 0 Å². The van der Waals surface area contributed by atoms with Gasteiger partial charge in [0, 0.05) is 20.6 Å². The predicted octanol–water partition coefficient (Wildman–Crippen LogP) is 0.274. The van der Waals surface area contributed by atoms with Crippen LogP contribution in [0.3, 0.4) is 0 Å². The first-order chi connectivity index (χ1) is 9.60. The minimum atomic E-state index is -0.0857. The number of nitrogens with one attached hydrogen (secondary N) is 2. The fraction of sp³-hybridized carbons (Fsp3) is 0.667. The quantitative estimate of drug-likeness (QED) is 0.707. The van der Waals surface area contributed by atoms with Gasteiger partial charge in [-0.25, -0.2) is 0 Å². The molecule has 0 atom stereocenters. The van der Waals surface area contributed by atoms with Crippen LogP contribution in [0, 0.1) is 0 Å². The second-order valence-corrected chi connectivity index (χ2v) is 4.15. The van der Waals surface area contributed by atoms with E-state index in [0.717, 1.165) is 6.42 Å². The molecule has 0 saturated heterocycles. The second-order valence-electron chi connectivity index (χ2n) is 4.15. The van der Waals surface area contributed by atoms with E-state index in [1.165, 1.54) is 0 Å². The smallest absolute Gasteiger partial charge is 0.323 e. The molecule has 0 saturated carbocycles. The summed E-state index contributed by atoms with van der Waals surface area (Å²) in [7, 11) is 3.46. The summed E-state index contributed by atoms with van der Waals surface area (Å²) >= 11 is 0. The zero-order chi connectivity index (χ0) is 15.0. The fourth-order valence-corrected chi connectivity index (χ4v) is 1.43. The molecule has 0 aliphatic carbocycles. The number of aromatic nitrogens is 3. The standard InChI is InChI=1S/C12H22N6O2/c1-5-7-20-12-16-10(13-3)15-11(17-12)18(4)8-9(19)14-6-2/h5-8H2,1-4H3,(H,14,19)(H,13,15,16,17). The Labute approximate surface area is 119 Å². The third-order valence-electron chi connectivity index (χ3n) is 2.36. The fourth-order valence-electron chi connectivity index (χ4n) is 1.43. The normalized spacial score (nSPS) is 10.0. The summed E-state index contributed by atoms with van der Waals surface area (Å²) in [4.78, 5) is 25.7. The molecule has 0 spiro atoms. The molecule has 112 valence electrons. The molecule has 1 rings (SSSR count). The predicted molar refractivity (Wildman–Crippen MR) is 77.1 cm³/mol. The van der Waals surface area contributed by atoms with Crippen LogP contribution in [0.15, 0.2) is 0 Å². The van der Waals surface area contributed by atoms with Crippen LogP contribution in [0.2, 0.25) is 0 Å². The first kappa shape index (κ1) is 15.9. The molecule has 1 heterocycles. The summed E-state index contributed by atoms with van der Waals surface area (Å²) in [5, 5.41) is 5.57. The molecule has 8 nitrogen and oxygen atoms in total. The number of hydrogen-bond acceptors (Lipinski definition) is 7. The summed E-state index contributed by atoms with van der Waals surface area (Å²) in [6.07, 6.45) is 0.866. The Morgan fingerprint density at radius 3 is 2.65 bits per heavy atom. The summed E-state index contributed by atoms with van der Waals surface area (Å²) in [5.74, 6) is 0.711. The molecule has 0 fully saturated rings. The molecule has 8 heteroatoms. The molecule has 0 aromatic carbocycles. The van der Waals surface area contributed by atoms with Gasteiger partial charge in [0.25, 0.3) is 0 Å². The molecule has 1 aromatic heterocycles. The lowest BCUT2D eigenvalue weighted by atomic mass is 10.5. The van der Waals surface area contributed by atoms with Crippen molar-refractivity contribution in [3.8, 4) is 6.01 Å². The van der Waals surface area contributed by atoms with Crippen LogP contribution in [0.1, 0.15) is 20.3 Å². The van der Waals surface area contributed by atoms with Gasteiger partial charge in [-0.1, -0.05) is 6.92 Å². The summed E-state index contributed by atoms with van der Waals surface area (Å²) in [6.45, 7) is 5.18. The number of carbonyl (C=O) groups is 1. The van der Waals surface area contributed by atoms with E-state index in [9.17, 15) is 4.79 Å². The molecule has 0 bridgehead atoms. The lowest BCUT2D eigenvalue weighted by Gasteiger charge is -2.17. The van der Waals surface area contributed by atoms with Gasteiger partial charge in [-0.2, -0.15) is 15.0 Å². The Morgan fingerprint density at radius 2 is 2.05 bits per heavy atom. The molecular weight excluding hydrogens is 260 g/mol. The molecule has 0 unspecified atom stereocenters. The third kappa shape index (κ3) is 4.87. The molecular formula is C12H22N6O2. The second kappa shape index (κ2) is 8.13. The van der Waals surface area contributed by atoms with E-state index < -0.39 is 0 Å². The van der Waals surface area contributed by atoms with Gasteiger partial charge in [-0.3, -0.25) is 4.79 Å². The van der Waals surface area contributed by atoms with Gasteiger partial charge in [0.2, 0.25) is 17.8 Å². The highest BCUT2D eigenvalue weighted by Gasteiger charge is 2.13. The summed E-state index contributed by atoms with van der Waals surface area (Å²) in [6, 6.07) is 0.254. The van der Waals surface area contributed by atoms with Crippen molar-refractivity contribution in [2.24, 2.45) is 0 Å². The highest BCUT2D eigenvalue weighted by atomic mass is 16.5. The average Bonchev–Trinajstić information content (AvgIpc) is 2.44. The largest absolute Gasteiger partial charge is 0.463 e. The van der Waals surface area contributed by atoms with Crippen LogP contribution in [0.25, 0.3) is 0 Å². The van der Waals surface area contributed by atoms with Crippen molar-refractivity contribution in [2.75, 3.05) is 44.0 Å². The number of ether oxygens (including phenoxy) is 1. The molecule has 0 aliphatic rings. The van der Waals surface area contributed by atoms with E-state index in [4.69, 9.17) is 4.74 Å². The van der Waals surface area contributed by atoms with Crippen molar-refractivity contribution >= 4 is 17.8 Å². The van der Waals surface area contributed by atoms with Crippen LogP contribution < -0.4 is 20.3 Å².